The standard InChI is InChI=1S/C14H22N4O3/c1-4-5-6-18(8-11(15)19)10-7-16-13(9(2)3)17-12(10)14(20)21/h7,9H,4-6,8H2,1-3H3,(H2,15,19)(H,20,21). The van der Waals surface area contributed by atoms with Crippen LogP contribution in [0.2, 0.25) is 0 Å². The van der Waals surface area contributed by atoms with Crippen molar-refractivity contribution < 1.29 is 14.7 Å². The fourth-order valence-corrected chi connectivity index (χ4v) is 1.88. The Morgan fingerprint density at radius 1 is 1.43 bits per heavy atom. The van der Waals surface area contributed by atoms with Crippen LogP contribution >= 0.6 is 0 Å². The van der Waals surface area contributed by atoms with E-state index in [4.69, 9.17) is 5.73 Å². The SMILES string of the molecule is CCCCN(CC(N)=O)c1cnc(C(C)C)nc1C(=O)O. The van der Waals surface area contributed by atoms with Crippen molar-refractivity contribution in [2.45, 2.75) is 39.5 Å². The van der Waals surface area contributed by atoms with Gasteiger partial charge in [0.15, 0.2) is 5.69 Å². The Kier molecular flexibility index (Phi) is 6.08. The van der Waals surface area contributed by atoms with Crippen LogP contribution in [0.4, 0.5) is 5.69 Å². The summed E-state index contributed by atoms with van der Waals surface area (Å²) in [6.07, 6.45) is 3.20. The lowest BCUT2D eigenvalue weighted by atomic mass is 10.2. The Hall–Kier alpha value is -2.18. The monoisotopic (exact) mass is 294 g/mol. The molecule has 0 atom stereocenters. The van der Waals surface area contributed by atoms with E-state index in [1.165, 1.54) is 6.20 Å². The third-order valence-corrected chi connectivity index (χ3v) is 2.98. The van der Waals surface area contributed by atoms with Crippen molar-refractivity contribution in [3.8, 4) is 0 Å². The van der Waals surface area contributed by atoms with E-state index in [9.17, 15) is 14.7 Å². The van der Waals surface area contributed by atoms with E-state index in [-0.39, 0.29) is 18.2 Å². The van der Waals surface area contributed by atoms with E-state index >= 15 is 0 Å². The maximum atomic E-state index is 11.4. The summed E-state index contributed by atoms with van der Waals surface area (Å²) >= 11 is 0. The highest BCUT2D eigenvalue weighted by Crippen LogP contribution is 2.21. The number of primary amides is 1. The molecule has 21 heavy (non-hydrogen) atoms. The molecule has 0 saturated heterocycles. The smallest absolute Gasteiger partial charge is 0.356 e. The zero-order chi connectivity index (χ0) is 16.0. The predicted octanol–water partition coefficient (Wildman–Crippen LogP) is 1.39. The summed E-state index contributed by atoms with van der Waals surface area (Å²) in [5, 5.41) is 9.35. The fraction of sp³-hybridized carbons (Fsp3) is 0.571. The van der Waals surface area contributed by atoms with Gasteiger partial charge in [0.05, 0.1) is 18.4 Å². The number of nitrogens with two attached hydrogens (primary N) is 1. The van der Waals surface area contributed by atoms with Crippen molar-refractivity contribution in [3.05, 3.63) is 17.7 Å². The van der Waals surface area contributed by atoms with Crippen molar-refractivity contribution >= 4 is 17.6 Å². The van der Waals surface area contributed by atoms with E-state index in [1.54, 1.807) is 4.90 Å². The quantitative estimate of drug-likeness (QED) is 0.749. The first-order chi connectivity index (χ1) is 9.86. The molecule has 1 amide bonds. The van der Waals surface area contributed by atoms with Gasteiger partial charge in [0, 0.05) is 12.5 Å². The molecule has 0 aliphatic heterocycles. The third kappa shape index (κ3) is 4.70. The molecule has 1 aromatic heterocycles. The zero-order valence-electron chi connectivity index (χ0n) is 12.7. The van der Waals surface area contributed by atoms with Crippen LogP contribution in [0.3, 0.4) is 0 Å². The van der Waals surface area contributed by atoms with Crippen LogP contribution in [0.1, 0.15) is 55.8 Å². The second-order valence-corrected chi connectivity index (χ2v) is 5.16. The number of carbonyl (C=O) groups is 2. The molecule has 0 radical (unpaired) electrons. The first-order valence-corrected chi connectivity index (χ1v) is 7.00. The third-order valence-electron chi connectivity index (χ3n) is 2.98. The number of rotatable bonds is 8. The Balaban J connectivity index is 3.21. The summed E-state index contributed by atoms with van der Waals surface area (Å²) in [5.74, 6) is -1.17. The molecule has 0 unspecified atom stereocenters. The van der Waals surface area contributed by atoms with Crippen molar-refractivity contribution in [1.29, 1.82) is 0 Å². The minimum atomic E-state index is -1.14. The summed E-state index contributed by atoms with van der Waals surface area (Å²) in [7, 11) is 0. The Morgan fingerprint density at radius 3 is 2.57 bits per heavy atom. The van der Waals surface area contributed by atoms with Gasteiger partial charge in [-0.2, -0.15) is 0 Å². The van der Waals surface area contributed by atoms with Crippen LogP contribution < -0.4 is 10.6 Å². The Bertz CT molecular complexity index is 517. The number of hydrogen-bond acceptors (Lipinski definition) is 5. The number of carboxylic acids is 1. The second kappa shape index (κ2) is 7.56. The summed E-state index contributed by atoms with van der Waals surface area (Å²) in [4.78, 5) is 32.5. The molecule has 116 valence electrons. The van der Waals surface area contributed by atoms with Crippen LogP contribution in [0.15, 0.2) is 6.20 Å². The molecule has 1 rings (SSSR count). The molecule has 7 nitrogen and oxygen atoms in total. The molecule has 1 heterocycles. The number of hydrogen-bond donors (Lipinski definition) is 2. The van der Waals surface area contributed by atoms with Gasteiger partial charge in [-0.15, -0.1) is 0 Å². The molecule has 0 aromatic carbocycles. The van der Waals surface area contributed by atoms with Gasteiger partial charge in [-0.25, -0.2) is 14.8 Å². The summed E-state index contributed by atoms with van der Waals surface area (Å²) in [6.45, 7) is 6.27. The number of carbonyl (C=O) groups excluding carboxylic acids is 1. The van der Waals surface area contributed by atoms with E-state index in [2.05, 4.69) is 9.97 Å². The highest BCUT2D eigenvalue weighted by Gasteiger charge is 2.21. The lowest BCUT2D eigenvalue weighted by Gasteiger charge is -2.24. The van der Waals surface area contributed by atoms with Gasteiger partial charge in [0.25, 0.3) is 0 Å². The molecule has 0 fully saturated rings. The van der Waals surface area contributed by atoms with Gasteiger partial charge in [-0.05, 0) is 6.42 Å². The van der Waals surface area contributed by atoms with Gasteiger partial charge in [0.1, 0.15) is 5.82 Å². The average molecular weight is 294 g/mol. The summed E-state index contributed by atoms with van der Waals surface area (Å²) in [6, 6.07) is 0. The van der Waals surface area contributed by atoms with Crippen LogP contribution in [0.5, 0.6) is 0 Å². The average Bonchev–Trinajstić information content (AvgIpc) is 2.42. The molecule has 0 aliphatic carbocycles. The Labute approximate surface area is 124 Å². The minimum Gasteiger partial charge on any atom is -0.476 e. The molecule has 7 heteroatoms. The van der Waals surface area contributed by atoms with Gasteiger partial charge in [0.2, 0.25) is 5.91 Å². The van der Waals surface area contributed by atoms with E-state index in [0.717, 1.165) is 12.8 Å². The number of anilines is 1. The number of amides is 1. The molecular weight excluding hydrogens is 272 g/mol. The van der Waals surface area contributed by atoms with Crippen molar-refractivity contribution in [1.82, 2.24) is 9.97 Å². The molecule has 0 aliphatic rings. The zero-order valence-corrected chi connectivity index (χ0v) is 12.7. The molecule has 0 saturated carbocycles. The minimum absolute atomic E-state index is 0.0254. The van der Waals surface area contributed by atoms with E-state index in [1.807, 2.05) is 20.8 Å². The summed E-state index contributed by atoms with van der Waals surface area (Å²) < 4.78 is 0. The first kappa shape index (κ1) is 16.9. The molecule has 3 N–H and O–H groups in total. The number of carboxylic acid groups (broad SMARTS) is 1. The van der Waals surface area contributed by atoms with Crippen LogP contribution in [0.25, 0.3) is 0 Å². The normalized spacial score (nSPS) is 10.7. The van der Waals surface area contributed by atoms with Gasteiger partial charge in [-0.1, -0.05) is 27.2 Å². The van der Waals surface area contributed by atoms with E-state index in [0.29, 0.717) is 18.1 Å². The topological polar surface area (TPSA) is 109 Å². The summed E-state index contributed by atoms with van der Waals surface area (Å²) in [5.41, 5.74) is 5.48. The van der Waals surface area contributed by atoms with Crippen molar-refractivity contribution in [2.24, 2.45) is 5.73 Å². The molecule has 0 bridgehead atoms. The van der Waals surface area contributed by atoms with Crippen LogP contribution in [0, 0.1) is 0 Å². The van der Waals surface area contributed by atoms with Gasteiger partial charge in [-0.3, -0.25) is 4.79 Å². The van der Waals surface area contributed by atoms with Crippen LogP contribution in [-0.4, -0.2) is 40.0 Å². The number of aromatic carboxylic acids is 1. The Morgan fingerprint density at radius 2 is 2.10 bits per heavy atom. The van der Waals surface area contributed by atoms with Crippen LogP contribution in [-0.2, 0) is 4.79 Å². The molecular formula is C14H22N4O3. The molecule has 0 spiro atoms. The maximum Gasteiger partial charge on any atom is 0.356 e. The largest absolute Gasteiger partial charge is 0.476 e. The van der Waals surface area contributed by atoms with Crippen molar-refractivity contribution in [3.63, 3.8) is 0 Å². The lowest BCUT2D eigenvalue weighted by molar-refractivity contribution is -0.116. The molecule has 1 aromatic rings. The maximum absolute atomic E-state index is 11.4. The lowest BCUT2D eigenvalue weighted by Crippen LogP contribution is -2.36. The van der Waals surface area contributed by atoms with E-state index < -0.39 is 11.9 Å². The van der Waals surface area contributed by atoms with Crippen molar-refractivity contribution in [2.75, 3.05) is 18.0 Å². The number of unbranched alkanes of at least 4 members (excludes halogenated alkanes) is 1. The highest BCUT2D eigenvalue weighted by molar-refractivity contribution is 5.93. The predicted molar refractivity (Wildman–Crippen MR) is 79.4 cm³/mol. The number of aromatic nitrogens is 2. The van der Waals surface area contributed by atoms with Gasteiger partial charge < -0.3 is 15.7 Å². The highest BCUT2D eigenvalue weighted by atomic mass is 16.4. The fourth-order valence-electron chi connectivity index (χ4n) is 1.88. The number of nitrogens with zero attached hydrogens (tertiary/aromatic N) is 3. The second-order valence-electron chi connectivity index (χ2n) is 5.16. The first-order valence-electron chi connectivity index (χ1n) is 7.00. The van der Waals surface area contributed by atoms with Gasteiger partial charge >= 0.3 is 5.97 Å².